The number of rotatable bonds is 4. The van der Waals surface area contributed by atoms with Gasteiger partial charge in [0.25, 0.3) is 0 Å². The van der Waals surface area contributed by atoms with Gasteiger partial charge in [0.1, 0.15) is 0 Å². The molecule has 1 aliphatic carbocycles. The van der Waals surface area contributed by atoms with E-state index in [1.165, 1.54) is 6.42 Å². The molecule has 0 saturated heterocycles. The molecule has 0 aromatic carbocycles. The topological polar surface area (TPSA) is 26.3 Å². The first-order chi connectivity index (χ1) is 5.24. The second-order valence-electron chi connectivity index (χ2n) is 2.86. The second-order valence-corrected chi connectivity index (χ2v) is 4.03. The second kappa shape index (κ2) is 4.10. The van der Waals surface area contributed by atoms with Gasteiger partial charge in [-0.25, -0.2) is 0 Å². The number of ether oxygens (including phenoxy) is 1. The van der Waals surface area contributed by atoms with Gasteiger partial charge >= 0.3 is 5.97 Å². The maximum absolute atomic E-state index is 10.8. The third-order valence-electron chi connectivity index (χ3n) is 1.86. The van der Waals surface area contributed by atoms with Crippen LogP contribution in [0.5, 0.6) is 0 Å². The van der Waals surface area contributed by atoms with Crippen molar-refractivity contribution in [2.45, 2.75) is 31.0 Å². The summed E-state index contributed by atoms with van der Waals surface area (Å²) in [5, 5.41) is 0. The van der Waals surface area contributed by atoms with Crippen molar-refractivity contribution in [2.75, 3.05) is 6.61 Å². The van der Waals surface area contributed by atoms with Gasteiger partial charge in [0.15, 0.2) is 0 Å². The molecule has 1 saturated carbocycles. The standard InChI is InChI=1S/C8H13BrO2/c1-2-11-8(10)4-3-6-5-7(6)9/h6-7H,2-5H2,1H3. The zero-order chi connectivity index (χ0) is 8.27. The molecule has 3 heteroatoms. The predicted octanol–water partition coefficient (Wildman–Crippen LogP) is 2.11. The lowest BCUT2D eigenvalue weighted by Gasteiger charge is -1.99. The van der Waals surface area contributed by atoms with Gasteiger partial charge in [-0.3, -0.25) is 4.79 Å². The van der Waals surface area contributed by atoms with E-state index in [4.69, 9.17) is 4.74 Å². The largest absolute Gasteiger partial charge is 0.466 e. The van der Waals surface area contributed by atoms with Crippen LogP contribution in [0.3, 0.4) is 0 Å². The highest BCUT2D eigenvalue weighted by molar-refractivity contribution is 9.09. The van der Waals surface area contributed by atoms with Crippen molar-refractivity contribution in [1.29, 1.82) is 0 Å². The summed E-state index contributed by atoms with van der Waals surface area (Å²) in [6, 6.07) is 0. The molecule has 0 amide bonds. The summed E-state index contributed by atoms with van der Waals surface area (Å²) in [6.07, 6.45) is 2.79. The molecule has 0 N–H and O–H groups in total. The molecule has 11 heavy (non-hydrogen) atoms. The lowest BCUT2D eigenvalue weighted by Crippen LogP contribution is -2.03. The van der Waals surface area contributed by atoms with Crippen LogP contribution >= 0.6 is 15.9 Å². The molecular formula is C8H13BrO2. The molecule has 2 unspecified atom stereocenters. The quantitative estimate of drug-likeness (QED) is 0.536. The lowest BCUT2D eigenvalue weighted by molar-refractivity contribution is -0.143. The van der Waals surface area contributed by atoms with Crippen molar-refractivity contribution in [2.24, 2.45) is 5.92 Å². The molecular weight excluding hydrogens is 208 g/mol. The molecule has 1 rings (SSSR count). The first-order valence-corrected chi connectivity index (χ1v) is 4.95. The Bertz CT molecular complexity index is 147. The highest BCUT2D eigenvalue weighted by Gasteiger charge is 2.34. The Morgan fingerprint density at radius 1 is 1.73 bits per heavy atom. The fraction of sp³-hybridized carbons (Fsp3) is 0.875. The van der Waals surface area contributed by atoms with E-state index in [1.54, 1.807) is 0 Å². The van der Waals surface area contributed by atoms with E-state index in [1.807, 2.05) is 6.92 Å². The van der Waals surface area contributed by atoms with Gasteiger partial charge in [0.2, 0.25) is 0 Å². The average molecular weight is 221 g/mol. The number of carbonyl (C=O) groups excluding carboxylic acids is 1. The fourth-order valence-corrected chi connectivity index (χ4v) is 1.79. The Kier molecular flexibility index (Phi) is 3.37. The van der Waals surface area contributed by atoms with Crippen molar-refractivity contribution in [1.82, 2.24) is 0 Å². The van der Waals surface area contributed by atoms with E-state index in [9.17, 15) is 4.79 Å². The van der Waals surface area contributed by atoms with Gasteiger partial charge in [-0.15, -0.1) is 0 Å². The summed E-state index contributed by atoms with van der Waals surface area (Å²) < 4.78 is 4.80. The summed E-state index contributed by atoms with van der Waals surface area (Å²) in [6.45, 7) is 2.34. The van der Waals surface area contributed by atoms with Gasteiger partial charge < -0.3 is 4.74 Å². The van der Waals surface area contributed by atoms with Crippen molar-refractivity contribution < 1.29 is 9.53 Å². The van der Waals surface area contributed by atoms with Gasteiger partial charge in [0, 0.05) is 11.2 Å². The van der Waals surface area contributed by atoms with Crippen LogP contribution in [-0.2, 0) is 9.53 Å². The minimum Gasteiger partial charge on any atom is -0.466 e. The molecule has 0 heterocycles. The van der Waals surface area contributed by atoms with E-state index in [0.29, 0.717) is 17.9 Å². The molecule has 1 fully saturated rings. The first-order valence-electron chi connectivity index (χ1n) is 4.03. The van der Waals surface area contributed by atoms with Crippen molar-refractivity contribution in [3.05, 3.63) is 0 Å². The van der Waals surface area contributed by atoms with Crippen LogP contribution in [0.2, 0.25) is 0 Å². The number of esters is 1. The van der Waals surface area contributed by atoms with Crippen LogP contribution < -0.4 is 0 Å². The first kappa shape index (κ1) is 9.04. The van der Waals surface area contributed by atoms with E-state index in [2.05, 4.69) is 15.9 Å². The zero-order valence-electron chi connectivity index (χ0n) is 6.68. The van der Waals surface area contributed by atoms with Crippen LogP contribution in [-0.4, -0.2) is 17.4 Å². The molecule has 0 spiro atoms. The normalized spacial score (nSPS) is 28.2. The predicted molar refractivity (Wildman–Crippen MR) is 46.7 cm³/mol. The molecule has 2 atom stereocenters. The van der Waals surface area contributed by atoms with Gasteiger partial charge in [0.05, 0.1) is 6.61 Å². The number of alkyl halides is 1. The summed E-state index contributed by atoms with van der Waals surface area (Å²) in [5.74, 6) is 0.665. The van der Waals surface area contributed by atoms with Crippen molar-refractivity contribution in [3.63, 3.8) is 0 Å². The number of hydrogen-bond acceptors (Lipinski definition) is 2. The van der Waals surface area contributed by atoms with E-state index in [-0.39, 0.29) is 5.97 Å². The maximum atomic E-state index is 10.8. The Morgan fingerprint density at radius 2 is 2.36 bits per heavy atom. The maximum Gasteiger partial charge on any atom is 0.305 e. The Morgan fingerprint density at radius 3 is 2.82 bits per heavy atom. The average Bonchev–Trinajstić information content (AvgIpc) is 2.63. The van der Waals surface area contributed by atoms with Gasteiger partial charge in [-0.2, -0.15) is 0 Å². The Balaban J connectivity index is 1.98. The van der Waals surface area contributed by atoms with E-state index in [0.717, 1.165) is 12.3 Å². The van der Waals surface area contributed by atoms with E-state index < -0.39 is 0 Å². The highest BCUT2D eigenvalue weighted by Crippen LogP contribution is 2.41. The number of halogens is 1. The van der Waals surface area contributed by atoms with Gasteiger partial charge in [-0.1, -0.05) is 15.9 Å². The summed E-state index contributed by atoms with van der Waals surface area (Å²) in [4.78, 5) is 11.5. The number of carbonyl (C=O) groups is 1. The smallest absolute Gasteiger partial charge is 0.305 e. The zero-order valence-corrected chi connectivity index (χ0v) is 8.26. The molecule has 0 aliphatic heterocycles. The Hall–Kier alpha value is -0.0500. The van der Waals surface area contributed by atoms with Crippen LogP contribution in [0.15, 0.2) is 0 Å². The highest BCUT2D eigenvalue weighted by atomic mass is 79.9. The molecule has 0 aromatic heterocycles. The van der Waals surface area contributed by atoms with Crippen LogP contribution in [0.4, 0.5) is 0 Å². The van der Waals surface area contributed by atoms with Crippen LogP contribution in [0.25, 0.3) is 0 Å². The minimum absolute atomic E-state index is 0.0564. The minimum atomic E-state index is -0.0564. The van der Waals surface area contributed by atoms with Crippen LogP contribution in [0, 0.1) is 5.92 Å². The molecule has 64 valence electrons. The molecule has 0 bridgehead atoms. The van der Waals surface area contributed by atoms with Crippen molar-refractivity contribution in [3.8, 4) is 0 Å². The molecule has 0 radical (unpaired) electrons. The lowest BCUT2D eigenvalue weighted by atomic mass is 10.2. The third-order valence-corrected chi connectivity index (χ3v) is 2.98. The third kappa shape index (κ3) is 3.23. The Labute approximate surface area is 75.4 Å². The van der Waals surface area contributed by atoms with E-state index >= 15 is 0 Å². The summed E-state index contributed by atoms with van der Waals surface area (Å²) in [5.41, 5.74) is 0. The van der Waals surface area contributed by atoms with Gasteiger partial charge in [-0.05, 0) is 25.7 Å². The van der Waals surface area contributed by atoms with Crippen LogP contribution in [0.1, 0.15) is 26.2 Å². The number of hydrogen-bond donors (Lipinski definition) is 0. The summed E-state index contributed by atoms with van der Waals surface area (Å²) in [7, 11) is 0. The molecule has 1 aliphatic rings. The van der Waals surface area contributed by atoms with Crippen molar-refractivity contribution >= 4 is 21.9 Å². The SMILES string of the molecule is CCOC(=O)CCC1CC1Br. The molecule has 2 nitrogen and oxygen atoms in total. The molecule has 0 aromatic rings. The monoisotopic (exact) mass is 220 g/mol. The fourth-order valence-electron chi connectivity index (χ4n) is 1.05. The summed E-state index contributed by atoms with van der Waals surface area (Å²) >= 11 is 3.49.